The predicted octanol–water partition coefficient (Wildman–Crippen LogP) is 0.485. The van der Waals surface area contributed by atoms with Crippen LogP contribution in [0.25, 0.3) is 5.82 Å². The second kappa shape index (κ2) is 6.29. The highest BCUT2D eigenvalue weighted by Crippen LogP contribution is 2.21. The van der Waals surface area contributed by atoms with Gasteiger partial charge in [0.2, 0.25) is 5.95 Å². The molecule has 2 aromatic rings. The van der Waals surface area contributed by atoms with Gasteiger partial charge in [0.1, 0.15) is 5.82 Å². The minimum atomic E-state index is 0.0121. The largest absolute Gasteiger partial charge is 0.382 e. The van der Waals surface area contributed by atoms with Gasteiger partial charge in [0.25, 0.3) is 0 Å². The number of rotatable bonds is 4. The molecule has 0 spiro atoms. The summed E-state index contributed by atoms with van der Waals surface area (Å²) in [5, 5.41) is 4.18. The molecule has 2 aromatic heterocycles. The normalized spacial score (nSPS) is 22.0. The molecular weight excluding hydrogens is 284 g/mol. The average molecular weight is 304 g/mol. The molecule has 0 amide bonds. The molecule has 118 valence electrons. The minimum Gasteiger partial charge on any atom is -0.382 e. The first-order valence-electron chi connectivity index (χ1n) is 7.19. The lowest BCUT2D eigenvalue weighted by molar-refractivity contribution is -0.0512. The lowest BCUT2D eigenvalue weighted by atomic mass is 10.2. The van der Waals surface area contributed by atoms with Crippen LogP contribution in [0.2, 0.25) is 0 Å². The zero-order valence-corrected chi connectivity index (χ0v) is 12.7. The van der Waals surface area contributed by atoms with Crippen LogP contribution in [-0.4, -0.2) is 58.8 Å². The van der Waals surface area contributed by atoms with Gasteiger partial charge in [-0.2, -0.15) is 15.1 Å². The van der Waals surface area contributed by atoms with Crippen LogP contribution in [0.5, 0.6) is 0 Å². The maximum Gasteiger partial charge on any atom is 0.224 e. The van der Waals surface area contributed by atoms with Gasteiger partial charge in [-0.05, 0) is 13.0 Å². The smallest absolute Gasteiger partial charge is 0.224 e. The summed E-state index contributed by atoms with van der Waals surface area (Å²) < 4.78 is 12.7. The second-order valence-electron chi connectivity index (χ2n) is 5.32. The summed E-state index contributed by atoms with van der Waals surface area (Å²) in [5.41, 5.74) is 5.85. The second-order valence-corrected chi connectivity index (χ2v) is 5.32. The van der Waals surface area contributed by atoms with Gasteiger partial charge >= 0.3 is 0 Å². The number of nitrogens with zero attached hydrogens (tertiary/aromatic N) is 5. The van der Waals surface area contributed by atoms with Crippen molar-refractivity contribution < 1.29 is 9.47 Å². The maximum absolute atomic E-state index is 5.85. The summed E-state index contributed by atoms with van der Waals surface area (Å²) in [5.74, 6) is 1.65. The van der Waals surface area contributed by atoms with Crippen molar-refractivity contribution in [3.63, 3.8) is 0 Å². The third kappa shape index (κ3) is 3.18. The van der Waals surface area contributed by atoms with Crippen LogP contribution in [0, 0.1) is 0 Å². The van der Waals surface area contributed by atoms with E-state index in [2.05, 4.69) is 20.0 Å². The van der Waals surface area contributed by atoms with Gasteiger partial charge in [0, 0.05) is 38.7 Å². The summed E-state index contributed by atoms with van der Waals surface area (Å²) in [6.07, 6.45) is 3.63. The topological polar surface area (TPSA) is 91.3 Å². The molecule has 22 heavy (non-hydrogen) atoms. The van der Waals surface area contributed by atoms with Crippen LogP contribution in [-0.2, 0) is 9.47 Å². The molecule has 0 saturated carbocycles. The molecule has 8 heteroatoms. The highest BCUT2D eigenvalue weighted by Gasteiger charge is 2.26. The monoisotopic (exact) mass is 304 g/mol. The third-order valence-electron chi connectivity index (χ3n) is 3.46. The van der Waals surface area contributed by atoms with Crippen molar-refractivity contribution >= 4 is 11.8 Å². The van der Waals surface area contributed by atoms with Crippen LogP contribution in [0.4, 0.5) is 11.8 Å². The van der Waals surface area contributed by atoms with E-state index in [4.69, 9.17) is 15.2 Å². The van der Waals surface area contributed by atoms with E-state index in [9.17, 15) is 0 Å². The van der Waals surface area contributed by atoms with Crippen LogP contribution in [0.1, 0.15) is 6.92 Å². The Balaban J connectivity index is 1.87. The van der Waals surface area contributed by atoms with E-state index in [0.717, 1.165) is 12.4 Å². The number of morpholine rings is 1. The summed E-state index contributed by atoms with van der Waals surface area (Å²) in [6, 6.07) is 3.72. The molecular formula is C14H20N6O2. The van der Waals surface area contributed by atoms with Gasteiger partial charge < -0.3 is 20.1 Å². The predicted molar refractivity (Wildman–Crippen MR) is 82.0 cm³/mol. The first-order chi connectivity index (χ1) is 10.7. The van der Waals surface area contributed by atoms with Crippen LogP contribution < -0.4 is 10.6 Å². The van der Waals surface area contributed by atoms with Gasteiger partial charge in [-0.3, -0.25) is 0 Å². The zero-order chi connectivity index (χ0) is 15.5. The first kappa shape index (κ1) is 14.7. The van der Waals surface area contributed by atoms with E-state index in [-0.39, 0.29) is 18.2 Å². The van der Waals surface area contributed by atoms with E-state index < -0.39 is 0 Å². The molecule has 0 aliphatic carbocycles. The Morgan fingerprint density at radius 1 is 1.36 bits per heavy atom. The highest BCUT2D eigenvalue weighted by molar-refractivity contribution is 5.48. The molecule has 0 radical (unpaired) electrons. The Hall–Kier alpha value is -2.19. The number of ether oxygens (including phenoxy) is 2. The summed E-state index contributed by atoms with van der Waals surface area (Å²) in [7, 11) is 1.67. The summed E-state index contributed by atoms with van der Waals surface area (Å²) in [4.78, 5) is 10.7. The molecule has 1 saturated heterocycles. The van der Waals surface area contributed by atoms with Gasteiger partial charge in [-0.25, -0.2) is 4.68 Å². The number of hydrogen-bond acceptors (Lipinski definition) is 7. The standard InChI is InChI=1S/C14H20N6O2/c1-10-7-19(8-11(22-10)9-21-2)12-6-13(18-14(15)17-12)20-5-3-4-16-20/h3-6,10-11H,7-9H2,1-2H3,(H2,15,17,18). The van der Waals surface area contributed by atoms with Crippen LogP contribution in [0.3, 0.4) is 0 Å². The maximum atomic E-state index is 5.85. The van der Waals surface area contributed by atoms with Crippen molar-refractivity contribution in [3.8, 4) is 5.82 Å². The lowest BCUT2D eigenvalue weighted by Gasteiger charge is -2.37. The summed E-state index contributed by atoms with van der Waals surface area (Å²) in [6.45, 7) is 4.03. The number of anilines is 2. The zero-order valence-electron chi connectivity index (χ0n) is 12.7. The van der Waals surface area contributed by atoms with Gasteiger partial charge in [0.15, 0.2) is 5.82 Å². The Kier molecular flexibility index (Phi) is 4.21. The van der Waals surface area contributed by atoms with Crippen molar-refractivity contribution in [2.75, 3.05) is 37.4 Å². The van der Waals surface area contributed by atoms with Crippen LogP contribution >= 0.6 is 0 Å². The Morgan fingerprint density at radius 2 is 2.18 bits per heavy atom. The Bertz CT molecular complexity index is 618. The van der Waals surface area contributed by atoms with E-state index in [1.807, 2.05) is 25.3 Å². The fraction of sp³-hybridized carbons (Fsp3) is 0.500. The molecule has 0 aromatic carbocycles. The molecule has 3 heterocycles. The number of nitrogens with two attached hydrogens (primary N) is 1. The van der Waals surface area contributed by atoms with Crippen molar-refractivity contribution in [1.82, 2.24) is 19.7 Å². The van der Waals surface area contributed by atoms with Gasteiger partial charge in [0.05, 0.1) is 18.8 Å². The average Bonchev–Trinajstić information content (AvgIpc) is 3.00. The molecule has 0 bridgehead atoms. The molecule has 2 atom stereocenters. The van der Waals surface area contributed by atoms with Crippen molar-refractivity contribution in [1.29, 1.82) is 0 Å². The molecule has 2 unspecified atom stereocenters. The van der Waals surface area contributed by atoms with Crippen molar-refractivity contribution in [3.05, 3.63) is 24.5 Å². The Morgan fingerprint density at radius 3 is 2.91 bits per heavy atom. The first-order valence-corrected chi connectivity index (χ1v) is 7.19. The molecule has 1 fully saturated rings. The van der Waals surface area contributed by atoms with E-state index in [1.165, 1.54) is 0 Å². The fourth-order valence-corrected chi connectivity index (χ4v) is 2.63. The van der Waals surface area contributed by atoms with Gasteiger partial charge in [-0.15, -0.1) is 0 Å². The fourth-order valence-electron chi connectivity index (χ4n) is 2.63. The SMILES string of the molecule is COCC1CN(c2cc(-n3cccn3)nc(N)n2)CC(C)O1. The molecule has 1 aliphatic heterocycles. The number of methoxy groups -OCH3 is 1. The number of hydrogen-bond donors (Lipinski definition) is 1. The Labute approximate surface area is 128 Å². The van der Waals surface area contributed by atoms with Gasteiger partial charge in [-0.1, -0.05) is 0 Å². The van der Waals surface area contributed by atoms with Crippen LogP contribution in [0.15, 0.2) is 24.5 Å². The molecule has 2 N–H and O–H groups in total. The lowest BCUT2D eigenvalue weighted by Crippen LogP contribution is -2.48. The molecule has 8 nitrogen and oxygen atoms in total. The number of nitrogen functional groups attached to an aromatic ring is 1. The van der Waals surface area contributed by atoms with Crippen molar-refractivity contribution in [2.45, 2.75) is 19.1 Å². The summed E-state index contributed by atoms with van der Waals surface area (Å²) >= 11 is 0. The third-order valence-corrected chi connectivity index (χ3v) is 3.46. The quantitative estimate of drug-likeness (QED) is 0.878. The molecule has 3 rings (SSSR count). The highest BCUT2D eigenvalue weighted by atomic mass is 16.5. The minimum absolute atomic E-state index is 0.0121. The van der Waals surface area contributed by atoms with Crippen molar-refractivity contribution in [2.24, 2.45) is 0 Å². The molecule has 1 aliphatic rings. The number of aromatic nitrogens is 4. The van der Waals surface area contributed by atoms with E-state index in [0.29, 0.717) is 19.0 Å². The van der Waals surface area contributed by atoms with E-state index >= 15 is 0 Å². The van der Waals surface area contributed by atoms with E-state index in [1.54, 1.807) is 18.0 Å².